The third kappa shape index (κ3) is 9.28. The Hall–Kier alpha value is -5.09. The van der Waals surface area contributed by atoms with Gasteiger partial charge in [-0.25, -0.2) is 9.18 Å². The monoisotopic (exact) mass is 823 g/mol. The van der Waals surface area contributed by atoms with Gasteiger partial charge in [0.1, 0.15) is 41.6 Å². The van der Waals surface area contributed by atoms with Crippen LogP contribution in [0.5, 0.6) is 0 Å². The molecule has 2 aromatic carbocycles. The molecule has 0 bridgehead atoms. The van der Waals surface area contributed by atoms with Crippen LogP contribution in [0.3, 0.4) is 0 Å². The number of nitrogens with zero attached hydrogens (tertiary/aromatic N) is 3. The highest BCUT2D eigenvalue weighted by atomic mass is 35.5. The SMILES string of the molecule is Cc1cccc(C[C@H](NC(=O)Nc2ccc(Cl)cc2F)C(=O)N[C@@H](CO)C(=O)N2CCC[C@H]2C(=O)N2CCCC[C@H]2C(=O)N[C@@H](C)C(=O)N2C[C@H](C)C[C@@]23CC3=O)c1. The molecule has 58 heavy (non-hydrogen) atoms. The zero-order valence-electron chi connectivity index (χ0n) is 32.9. The van der Waals surface area contributed by atoms with E-state index in [1.807, 2.05) is 26.0 Å². The van der Waals surface area contributed by atoms with Crippen LogP contribution in [0.15, 0.2) is 42.5 Å². The lowest BCUT2D eigenvalue weighted by Crippen LogP contribution is -2.61. The molecule has 7 atom stereocenters. The van der Waals surface area contributed by atoms with E-state index in [9.17, 15) is 43.1 Å². The summed E-state index contributed by atoms with van der Waals surface area (Å²) in [6, 6.07) is 4.44. The lowest BCUT2D eigenvalue weighted by molar-refractivity contribution is -0.151. The van der Waals surface area contributed by atoms with Crippen LogP contribution in [0, 0.1) is 18.7 Å². The normalized spacial score (nSPS) is 24.2. The van der Waals surface area contributed by atoms with Crippen LogP contribution in [-0.4, -0.2) is 123 Å². The molecule has 2 aromatic rings. The summed E-state index contributed by atoms with van der Waals surface area (Å²) < 4.78 is 14.5. The fraction of sp³-hybridized carbons (Fsp3) is 0.537. The molecular weight excluding hydrogens is 773 g/mol. The number of likely N-dealkylation sites (tertiary alicyclic amines) is 3. The molecule has 1 aliphatic carbocycles. The Balaban J connectivity index is 1.11. The zero-order valence-corrected chi connectivity index (χ0v) is 33.6. The van der Waals surface area contributed by atoms with Gasteiger partial charge in [0.15, 0.2) is 5.78 Å². The number of hydrogen-bond donors (Lipinski definition) is 5. The molecule has 3 aliphatic heterocycles. The van der Waals surface area contributed by atoms with Crippen molar-refractivity contribution < 1.29 is 43.1 Å². The number of amides is 7. The minimum Gasteiger partial charge on any atom is -0.394 e. The van der Waals surface area contributed by atoms with Crippen LogP contribution in [0.1, 0.15) is 69.9 Å². The average Bonchev–Trinajstić information content (AvgIpc) is 3.46. The summed E-state index contributed by atoms with van der Waals surface area (Å²) in [5, 5.41) is 20.8. The number of anilines is 1. The maximum Gasteiger partial charge on any atom is 0.319 e. The standard InChI is InChI=1S/C41H51ClFN7O8/c1-23-8-6-9-26(16-23)17-30(47-40(58)46-29-13-12-27(42)18-28(29)43)35(53)45-31(22-51)38(56)49-15-7-11-33(49)39(57)48-14-5-4-10-32(48)36(54)44-25(3)37(55)50-21-24(2)19-41(50)20-34(41)52/h6,8-9,12-13,16,18,24-25,30-33,51H,4-5,7,10-11,14-15,17,19-22H2,1-3H3,(H,44,54)(H,45,53)(H2,46,47,58)/t24-,25+,30+,31+,32+,33+,41+/m1/s1. The molecule has 17 heteroatoms. The van der Waals surface area contributed by atoms with Gasteiger partial charge in [-0.2, -0.15) is 0 Å². The molecule has 15 nitrogen and oxygen atoms in total. The number of hydrogen-bond acceptors (Lipinski definition) is 8. The first-order valence-corrected chi connectivity index (χ1v) is 20.2. The number of ketones is 1. The number of carbonyl (C=O) groups excluding carboxylic acids is 7. The van der Waals surface area contributed by atoms with Crippen LogP contribution >= 0.6 is 11.6 Å². The van der Waals surface area contributed by atoms with Crippen molar-refractivity contribution in [2.45, 2.75) is 108 Å². The summed E-state index contributed by atoms with van der Waals surface area (Å²) in [6.07, 6.45) is 3.31. The summed E-state index contributed by atoms with van der Waals surface area (Å²) >= 11 is 5.83. The van der Waals surface area contributed by atoms with Crippen molar-refractivity contribution in [3.05, 3.63) is 64.4 Å². The Morgan fingerprint density at radius 2 is 1.66 bits per heavy atom. The lowest BCUT2D eigenvalue weighted by Gasteiger charge is -2.39. The van der Waals surface area contributed by atoms with Crippen LogP contribution in [0.25, 0.3) is 0 Å². The van der Waals surface area contributed by atoms with E-state index in [-0.39, 0.29) is 47.8 Å². The fourth-order valence-corrected chi connectivity index (χ4v) is 8.75. The van der Waals surface area contributed by atoms with E-state index in [1.165, 1.54) is 21.9 Å². The molecule has 6 rings (SSSR count). The predicted molar refractivity (Wildman–Crippen MR) is 211 cm³/mol. The van der Waals surface area contributed by atoms with Gasteiger partial charge in [0.2, 0.25) is 29.5 Å². The number of aliphatic hydroxyl groups excluding tert-OH is 1. The molecule has 4 fully saturated rings. The van der Waals surface area contributed by atoms with E-state index in [1.54, 1.807) is 24.0 Å². The fourth-order valence-electron chi connectivity index (χ4n) is 8.59. The van der Waals surface area contributed by atoms with E-state index in [4.69, 9.17) is 11.6 Å². The van der Waals surface area contributed by atoms with Crippen LogP contribution in [0.4, 0.5) is 14.9 Å². The molecule has 4 aliphatic rings. The second-order valence-electron chi connectivity index (χ2n) is 16.1. The van der Waals surface area contributed by atoms with Crippen molar-refractivity contribution in [2.75, 3.05) is 31.6 Å². The maximum atomic E-state index is 14.5. The van der Waals surface area contributed by atoms with Gasteiger partial charge in [-0.15, -0.1) is 0 Å². The largest absolute Gasteiger partial charge is 0.394 e. The molecule has 0 unspecified atom stereocenters. The molecule has 1 saturated carbocycles. The molecule has 7 amide bonds. The second kappa shape index (κ2) is 17.8. The van der Waals surface area contributed by atoms with Crippen LogP contribution in [-0.2, 0) is 35.2 Å². The Labute approximate surface area is 341 Å². The van der Waals surface area contributed by atoms with Crippen molar-refractivity contribution in [1.29, 1.82) is 0 Å². The highest BCUT2D eigenvalue weighted by Crippen LogP contribution is 2.48. The van der Waals surface area contributed by atoms with Gasteiger partial charge in [-0.05, 0) is 82.1 Å². The molecule has 312 valence electrons. The third-order valence-corrected chi connectivity index (χ3v) is 11.8. The molecule has 5 N–H and O–H groups in total. The predicted octanol–water partition coefficient (Wildman–Crippen LogP) is 2.45. The van der Waals surface area contributed by atoms with E-state index in [0.717, 1.165) is 11.6 Å². The van der Waals surface area contributed by atoms with E-state index in [2.05, 4.69) is 21.3 Å². The molecule has 0 aromatic heterocycles. The Bertz CT molecular complexity index is 1970. The number of aliphatic hydroxyl groups is 1. The highest BCUT2D eigenvalue weighted by molar-refractivity contribution is 6.30. The topological polar surface area (TPSA) is 198 Å². The maximum absolute atomic E-state index is 14.5. The molecule has 3 saturated heterocycles. The molecular formula is C41H51ClFN7O8. The molecule has 3 heterocycles. The zero-order chi connectivity index (χ0) is 41.9. The number of carbonyl (C=O) groups is 7. The smallest absolute Gasteiger partial charge is 0.319 e. The van der Waals surface area contributed by atoms with Gasteiger partial charge < -0.3 is 41.1 Å². The first kappa shape index (κ1) is 42.5. The Morgan fingerprint density at radius 1 is 0.931 bits per heavy atom. The quantitative estimate of drug-likeness (QED) is 0.215. The van der Waals surface area contributed by atoms with Gasteiger partial charge in [0.25, 0.3) is 0 Å². The first-order valence-electron chi connectivity index (χ1n) is 19.9. The van der Waals surface area contributed by atoms with Crippen LogP contribution < -0.4 is 21.3 Å². The highest BCUT2D eigenvalue weighted by Gasteiger charge is 2.63. The van der Waals surface area contributed by atoms with Crippen LogP contribution in [0.2, 0.25) is 5.02 Å². The minimum atomic E-state index is -1.48. The molecule has 0 radical (unpaired) electrons. The third-order valence-electron chi connectivity index (χ3n) is 11.6. The summed E-state index contributed by atoms with van der Waals surface area (Å²) in [6.45, 7) is 5.46. The lowest BCUT2D eigenvalue weighted by atomic mass is 9.99. The number of nitrogens with one attached hydrogen (secondary N) is 4. The van der Waals surface area contributed by atoms with E-state index >= 15 is 0 Å². The summed E-state index contributed by atoms with van der Waals surface area (Å²) in [7, 11) is 0. The Morgan fingerprint density at radius 3 is 2.34 bits per heavy atom. The summed E-state index contributed by atoms with van der Waals surface area (Å²) in [4.78, 5) is 98.9. The minimum absolute atomic E-state index is 0.0139. The van der Waals surface area contributed by atoms with Gasteiger partial charge >= 0.3 is 6.03 Å². The van der Waals surface area contributed by atoms with Crippen molar-refractivity contribution in [1.82, 2.24) is 30.7 Å². The van der Waals surface area contributed by atoms with E-state index in [0.29, 0.717) is 57.1 Å². The van der Waals surface area contributed by atoms with Crippen molar-refractivity contribution in [2.24, 2.45) is 5.92 Å². The summed E-state index contributed by atoms with van der Waals surface area (Å²) in [5.74, 6) is -3.40. The first-order chi connectivity index (χ1) is 27.6. The Kier molecular flexibility index (Phi) is 13.1. The van der Waals surface area contributed by atoms with Crippen molar-refractivity contribution in [3.8, 4) is 0 Å². The number of Topliss-reactive ketones (excluding diaryl/α,β-unsaturated/α-hetero) is 1. The van der Waals surface area contributed by atoms with Gasteiger partial charge in [-0.3, -0.25) is 28.8 Å². The number of rotatable bonds is 12. The number of halogens is 2. The van der Waals surface area contributed by atoms with E-state index < -0.39 is 77.8 Å². The average molecular weight is 824 g/mol. The summed E-state index contributed by atoms with van der Waals surface area (Å²) in [5.41, 5.74) is 0.636. The second-order valence-corrected chi connectivity index (χ2v) is 16.5. The van der Waals surface area contributed by atoms with Gasteiger partial charge in [0, 0.05) is 37.5 Å². The number of piperidine rings is 1. The number of benzene rings is 2. The van der Waals surface area contributed by atoms with Gasteiger partial charge in [-0.1, -0.05) is 48.4 Å². The number of aryl methyl sites for hydroxylation is 1. The van der Waals surface area contributed by atoms with Crippen molar-refractivity contribution >= 4 is 58.6 Å². The van der Waals surface area contributed by atoms with Gasteiger partial charge in [0.05, 0.1) is 12.3 Å². The number of urea groups is 1. The molecule has 1 spiro atoms. The van der Waals surface area contributed by atoms with Crippen molar-refractivity contribution in [3.63, 3.8) is 0 Å².